The highest BCUT2D eigenvalue weighted by Crippen LogP contribution is 2.33. The Morgan fingerprint density at radius 2 is 2.16 bits per heavy atom. The molecule has 6 nitrogen and oxygen atoms in total. The van der Waals surface area contributed by atoms with E-state index in [0.29, 0.717) is 10.6 Å². The number of ether oxygens (including phenoxy) is 1. The number of nitro benzene ring substituents is 1. The van der Waals surface area contributed by atoms with Gasteiger partial charge in [0, 0.05) is 29.4 Å². The highest BCUT2D eigenvalue weighted by atomic mass is 35.5. The third-order valence-electron chi connectivity index (χ3n) is 2.20. The Hall–Kier alpha value is -2.65. The van der Waals surface area contributed by atoms with Gasteiger partial charge in [-0.15, -0.1) is 0 Å². The first-order valence-corrected chi connectivity index (χ1v) is 5.46. The molecule has 94 valence electrons. The topological polar surface area (TPSA) is 89.0 Å². The number of nitro groups is 1. The van der Waals surface area contributed by atoms with Crippen molar-refractivity contribution in [3.05, 3.63) is 57.2 Å². The molecule has 0 unspecified atom stereocenters. The molecule has 0 aliphatic heterocycles. The third-order valence-corrected chi connectivity index (χ3v) is 2.43. The van der Waals surface area contributed by atoms with Crippen LogP contribution in [0.5, 0.6) is 11.6 Å². The van der Waals surface area contributed by atoms with Crippen molar-refractivity contribution in [3.63, 3.8) is 0 Å². The van der Waals surface area contributed by atoms with Gasteiger partial charge in [-0.05, 0) is 12.1 Å². The predicted octanol–water partition coefficient (Wildman–Crippen LogP) is 3.31. The lowest BCUT2D eigenvalue weighted by Crippen LogP contribution is -1.94. The van der Waals surface area contributed by atoms with Crippen LogP contribution in [0.2, 0.25) is 5.02 Å². The number of hydrogen-bond donors (Lipinski definition) is 0. The quantitative estimate of drug-likeness (QED) is 0.633. The normalized spacial score (nSPS) is 9.68. The van der Waals surface area contributed by atoms with Crippen LogP contribution >= 0.6 is 11.6 Å². The Balaban J connectivity index is 2.40. The van der Waals surface area contributed by atoms with E-state index in [1.807, 2.05) is 6.07 Å². The van der Waals surface area contributed by atoms with Crippen molar-refractivity contribution < 1.29 is 9.66 Å². The zero-order valence-corrected chi connectivity index (χ0v) is 10.2. The maximum Gasteiger partial charge on any atom is 0.311 e. The molecule has 0 fully saturated rings. The van der Waals surface area contributed by atoms with E-state index in [4.69, 9.17) is 21.6 Å². The molecule has 2 aromatic rings. The van der Waals surface area contributed by atoms with Crippen molar-refractivity contribution in [1.82, 2.24) is 4.98 Å². The summed E-state index contributed by atoms with van der Waals surface area (Å²) < 4.78 is 5.31. The number of aromatic nitrogens is 1. The number of rotatable bonds is 3. The zero-order chi connectivity index (χ0) is 13.8. The Morgan fingerprint density at radius 1 is 1.37 bits per heavy atom. The minimum Gasteiger partial charge on any atom is -0.432 e. The standard InChI is InChI=1S/C12H6ClN3O3/c13-9-1-2-10(16(17)18)11(6-9)19-12-5-8(7-14)3-4-15-12/h1-6H. The van der Waals surface area contributed by atoms with E-state index in [2.05, 4.69) is 4.98 Å². The molecule has 0 saturated carbocycles. The maximum atomic E-state index is 10.9. The predicted molar refractivity (Wildman–Crippen MR) is 67.1 cm³/mol. The van der Waals surface area contributed by atoms with Gasteiger partial charge < -0.3 is 4.74 Å². The molecular formula is C12H6ClN3O3. The lowest BCUT2D eigenvalue weighted by atomic mass is 10.3. The van der Waals surface area contributed by atoms with Crippen LogP contribution in [0.1, 0.15) is 5.56 Å². The summed E-state index contributed by atoms with van der Waals surface area (Å²) in [5.41, 5.74) is 0.114. The third kappa shape index (κ3) is 2.97. The van der Waals surface area contributed by atoms with Crippen LogP contribution in [0.4, 0.5) is 5.69 Å². The van der Waals surface area contributed by atoms with Gasteiger partial charge in [-0.3, -0.25) is 10.1 Å². The molecular weight excluding hydrogens is 270 g/mol. The van der Waals surface area contributed by atoms with Crippen LogP contribution in [0.25, 0.3) is 0 Å². The van der Waals surface area contributed by atoms with E-state index >= 15 is 0 Å². The number of nitriles is 1. The summed E-state index contributed by atoms with van der Waals surface area (Å²) in [6, 6.07) is 8.76. The molecule has 0 aliphatic carbocycles. The summed E-state index contributed by atoms with van der Waals surface area (Å²) in [5.74, 6) is 0.0597. The van der Waals surface area contributed by atoms with Crippen molar-refractivity contribution in [1.29, 1.82) is 5.26 Å². The number of pyridine rings is 1. The number of nitrogens with zero attached hydrogens (tertiary/aromatic N) is 3. The summed E-state index contributed by atoms with van der Waals surface area (Å²) in [6.07, 6.45) is 1.38. The average Bonchev–Trinajstić information content (AvgIpc) is 2.38. The van der Waals surface area contributed by atoms with Crippen LogP contribution in [-0.2, 0) is 0 Å². The fraction of sp³-hybridized carbons (Fsp3) is 0. The van der Waals surface area contributed by atoms with Gasteiger partial charge in [0.2, 0.25) is 11.6 Å². The van der Waals surface area contributed by atoms with E-state index in [1.54, 1.807) is 0 Å². The molecule has 0 amide bonds. The van der Waals surface area contributed by atoms with Crippen molar-refractivity contribution in [3.8, 4) is 17.7 Å². The number of benzene rings is 1. The van der Waals surface area contributed by atoms with Crippen LogP contribution < -0.4 is 4.74 Å². The SMILES string of the molecule is N#Cc1ccnc(Oc2cc(Cl)ccc2[N+](=O)[O-])c1. The number of halogens is 1. The van der Waals surface area contributed by atoms with Crippen LogP contribution in [0, 0.1) is 21.4 Å². The minimum absolute atomic E-state index is 0.0277. The van der Waals surface area contributed by atoms with Crippen molar-refractivity contribution in [2.75, 3.05) is 0 Å². The van der Waals surface area contributed by atoms with E-state index in [-0.39, 0.29) is 17.3 Å². The molecule has 2 rings (SSSR count). The molecule has 0 bridgehead atoms. The van der Waals surface area contributed by atoms with E-state index in [9.17, 15) is 10.1 Å². The minimum atomic E-state index is -0.584. The molecule has 1 aromatic carbocycles. The van der Waals surface area contributed by atoms with Crippen LogP contribution in [0.3, 0.4) is 0 Å². The molecule has 0 saturated heterocycles. The first kappa shape index (κ1) is 12.8. The average molecular weight is 276 g/mol. The fourth-order valence-corrected chi connectivity index (χ4v) is 1.53. The Bertz CT molecular complexity index is 682. The van der Waals surface area contributed by atoms with Crippen LogP contribution in [-0.4, -0.2) is 9.91 Å². The second-order valence-corrected chi connectivity index (χ2v) is 3.90. The molecule has 19 heavy (non-hydrogen) atoms. The van der Waals surface area contributed by atoms with Gasteiger partial charge >= 0.3 is 5.69 Å². The second-order valence-electron chi connectivity index (χ2n) is 3.47. The zero-order valence-electron chi connectivity index (χ0n) is 9.41. The molecule has 0 aliphatic rings. The molecule has 0 radical (unpaired) electrons. The lowest BCUT2D eigenvalue weighted by molar-refractivity contribution is -0.385. The summed E-state index contributed by atoms with van der Waals surface area (Å²) in [4.78, 5) is 14.1. The second kappa shape index (κ2) is 5.33. The first-order chi connectivity index (χ1) is 9.10. The van der Waals surface area contributed by atoms with Gasteiger partial charge in [0.05, 0.1) is 16.6 Å². The Labute approximate surface area is 113 Å². The molecule has 0 N–H and O–H groups in total. The van der Waals surface area contributed by atoms with Crippen molar-refractivity contribution >= 4 is 17.3 Å². The molecule has 1 aromatic heterocycles. The summed E-state index contributed by atoms with van der Waals surface area (Å²) in [5, 5.41) is 19.9. The smallest absolute Gasteiger partial charge is 0.311 e. The van der Waals surface area contributed by atoms with Gasteiger partial charge in [0.1, 0.15) is 0 Å². The monoisotopic (exact) mass is 275 g/mol. The van der Waals surface area contributed by atoms with Gasteiger partial charge in [0.15, 0.2) is 0 Å². The summed E-state index contributed by atoms with van der Waals surface area (Å²) in [7, 11) is 0. The fourth-order valence-electron chi connectivity index (χ4n) is 1.37. The lowest BCUT2D eigenvalue weighted by Gasteiger charge is -2.05. The molecule has 1 heterocycles. The summed E-state index contributed by atoms with van der Waals surface area (Å²) >= 11 is 5.77. The van der Waals surface area contributed by atoms with E-state index < -0.39 is 4.92 Å². The van der Waals surface area contributed by atoms with Crippen molar-refractivity contribution in [2.24, 2.45) is 0 Å². The van der Waals surface area contributed by atoms with Gasteiger partial charge in [-0.1, -0.05) is 11.6 Å². The van der Waals surface area contributed by atoms with Gasteiger partial charge in [-0.2, -0.15) is 5.26 Å². The van der Waals surface area contributed by atoms with E-state index in [0.717, 1.165) is 0 Å². The summed E-state index contributed by atoms with van der Waals surface area (Å²) in [6.45, 7) is 0. The number of hydrogen-bond acceptors (Lipinski definition) is 5. The maximum absolute atomic E-state index is 10.9. The van der Waals surface area contributed by atoms with E-state index in [1.165, 1.54) is 36.5 Å². The molecule has 0 atom stereocenters. The molecule has 0 spiro atoms. The highest BCUT2D eigenvalue weighted by Gasteiger charge is 2.16. The molecule has 7 heteroatoms. The first-order valence-electron chi connectivity index (χ1n) is 5.08. The van der Waals surface area contributed by atoms with Crippen molar-refractivity contribution in [2.45, 2.75) is 0 Å². The highest BCUT2D eigenvalue weighted by molar-refractivity contribution is 6.30. The Kier molecular flexibility index (Phi) is 3.59. The largest absolute Gasteiger partial charge is 0.432 e. The van der Waals surface area contributed by atoms with Gasteiger partial charge in [0.25, 0.3) is 0 Å². The van der Waals surface area contributed by atoms with Gasteiger partial charge in [-0.25, -0.2) is 4.98 Å². The van der Waals surface area contributed by atoms with Crippen LogP contribution in [0.15, 0.2) is 36.5 Å². The Morgan fingerprint density at radius 3 is 2.84 bits per heavy atom.